The van der Waals surface area contributed by atoms with Gasteiger partial charge >= 0.3 is 0 Å². The smallest absolute Gasteiger partial charge is 0.0768 e. The predicted octanol–water partition coefficient (Wildman–Crippen LogP) is 2.04. The molecule has 8 heavy (non-hydrogen) atoms. The summed E-state index contributed by atoms with van der Waals surface area (Å²) in [6, 6.07) is 3.99. The highest BCUT2D eigenvalue weighted by molar-refractivity contribution is 7.12. The average molecular weight is 122 g/mol. The van der Waals surface area contributed by atoms with Crippen molar-refractivity contribution >= 4 is 11.3 Å². The van der Waals surface area contributed by atoms with Crippen molar-refractivity contribution in [3.05, 3.63) is 21.9 Å². The minimum atomic E-state index is 1.02. The van der Waals surface area contributed by atoms with E-state index in [2.05, 4.69) is 5.92 Å². The van der Waals surface area contributed by atoms with Gasteiger partial charge in [-0.3, -0.25) is 0 Å². The molecule has 0 amide bonds. The van der Waals surface area contributed by atoms with Gasteiger partial charge in [-0.1, -0.05) is 5.92 Å². The highest BCUT2D eigenvalue weighted by Crippen LogP contribution is 2.12. The molecule has 40 valence electrons. The molecular weight excluding hydrogens is 116 g/mol. The van der Waals surface area contributed by atoms with Crippen LogP contribution in [-0.2, 0) is 0 Å². The van der Waals surface area contributed by atoms with Crippen molar-refractivity contribution in [1.82, 2.24) is 0 Å². The van der Waals surface area contributed by atoms with Gasteiger partial charge < -0.3 is 0 Å². The number of rotatable bonds is 0. The van der Waals surface area contributed by atoms with Gasteiger partial charge in [0.2, 0.25) is 0 Å². The Labute approximate surface area is 53.2 Å². The third kappa shape index (κ3) is 0.907. The summed E-state index contributed by atoms with van der Waals surface area (Å²) >= 11 is 1.65. The molecule has 0 saturated heterocycles. The second-order valence-electron chi connectivity index (χ2n) is 1.55. The number of hydrogen-bond acceptors (Lipinski definition) is 1. The van der Waals surface area contributed by atoms with Gasteiger partial charge in [-0.25, -0.2) is 0 Å². The number of aryl methyl sites for hydroxylation is 1. The summed E-state index contributed by atoms with van der Waals surface area (Å²) in [5.41, 5.74) is 0. The van der Waals surface area contributed by atoms with E-state index in [1.165, 1.54) is 4.88 Å². The molecule has 1 aromatic rings. The standard InChI is InChI=1S/C7H6S/c1-3-7-5-4-6(2)8-7/h1,4-5H,2H3. The van der Waals surface area contributed by atoms with Crippen molar-refractivity contribution in [3.63, 3.8) is 0 Å². The first-order chi connectivity index (χ1) is 3.83. The van der Waals surface area contributed by atoms with Crippen LogP contribution < -0.4 is 0 Å². The van der Waals surface area contributed by atoms with E-state index in [0.717, 1.165) is 4.88 Å². The third-order valence-corrected chi connectivity index (χ3v) is 1.81. The minimum Gasteiger partial charge on any atom is -0.132 e. The zero-order chi connectivity index (χ0) is 5.98. The molecule has 0 radical (unpaired) electrons. The van der Waals surface area contributed by atoms with E-state index >= 15 is 0 Å². The van der Waals surface area contributed by atoms with Crippen molar-refractivity contribution in [2.75, 3.05) is 0 Å². The molecular formula is C7H6S. The quantitative estimate of drug-likeness (QED) is 0.462. The summed E-state index contributed by atoms with van der Waals surface area (Å²) in [5, 5.41) is 0. The van der Waals surface area contributed by atoms with Crippen LogP contribution in [0.5, 0.6) is 0 Å². The van der Waals surface area contributed by atoms with Crippen LogP contribution in [0, 0.1) is 19.3 Å². The maximum Gasteiger partial charge on any atom is 0.0768 e. The molecule has 0 N–H and O–H groups in total. The summed E-state index contributed by atoms with van der Waals surface area (Å²) in [5.74, 6) is 2.57. The maximum atomic E-state index is 5.12. The van der Waals surface area contributed by atoms with Crippen molar-refractivity contribution in [2.24, 2.45) is 0 Å². The summed E-state index contributed by atoms with van der Waals surface area (Å²) in [6.45, 7) is 2.05. The SMILES string of the molecule is C#Cc1ccc(C)s1. The van der Waals surface area contributed by atoms with E-state index in [-0.39, 0.29) is 0 Å². The van der Waals surface area contributed by atoms with E-state index < -0.39 is 0 Å². The Morgan fingerprint density at radius 2 is 2.38 bits per heavy atom. The highest BCUT2D eigenvalue weighted by Gasteiger charge is 1.87. The van der Waals surface area contributed by atoms with Gasteiger partial charge in [0.1, 0.15) is 0 Å². The molecule has 0 nitrogen and oxygen atoms in total. The zero-order valence-corrected chi connectivity index (χ0v) is 5.46. The molecule has 0 aliphatic rings. The molecule has 1 aromatic heterocycles. The fourth-order valence-electron chi connectivity index (χ4n) is 0.512. The van der Waals surface area contributed by atoms with Crippen LogP contribution in [0.25, 0.3) is 0 Å². The van der Waals surface area contributed by atoms with Crippen LogP contribution in [0.15, 0.2) is 12.1 Å². The number of terminal acetylenes is 1. The predicted molar refractivity (Wildman–Crippen MR) is 37.0 cm³/mol. The Kier molecular flexibility index (Phi) is 1.36. The van der Waals surface area contributed by atoms with Gasteiger partial charge in [0.15, 0.2) is 0 Å². The zero-order valence-electron chi connectivity index (χ0n) is 4.64. The molecule has 0 aromatic carbocycles. The Morgan fingerprint density at radius 3 is 2.62 bits per heavy atom. The third-order valence-electron chi connectivity index (χ3n) is 0.883. The fourth-order valence-corrected chi connectivity index (χ4v) is 1.19. The van der Waals surface area contributed by atoms with Crippen LogP contribution in [0.4, 0.5) is 0 Å². The summed E-state index contributed by atoms with van der Waals surface area (Å²) in [7, 11) is 0. The topological polar surface area (TPSA) is 0 Å². The van der Waals surface area contributed by atoms with Crippen LogP contribution >= 0.6 is 11.3 Å². The molecule has 0 saturated carbocycles. The second kappa shape index (κ2) is 2.02. The van der Waals surface area contributed by atoms with Crippen molar-refractivity contribution < 1.29 is 0 Å². The molecule has 0 aliphatic carbocycles. The molecule has 0 fully saturated rings. The molecule has 0 aliphatic heterocycles. The molecule has 1 rings (SSSR count). The first-order valence-corrected chi connectivity index (χ1v) is 3.17. The maximum absolute atomic E-state index is 5.12. The summed E-state index contributed by atoms with van der Waals surface area (Å²) < 4.78 is 0. The van der Waals surface area contributed by atoms with E-state index in [1.54, 1.807) is 11.3 Å². The van der Waals surface area contributed by atoms with Gasteiger partial charge in [-0.15, -0.1) is 17.8 Å². The van der Waals surface area contributed by atoms with Gasteiger partial charge in [-0.05, 0) is 19.1 Å². The van der Waals surface area contributed by atoms with E-state index in [1.807, 2.05) is 19.1 Å². The molecule has 0 bridgehead atoms. The lowest BCUT2D eigenvalue weighted by molar-refractivity contribution is 1.64. The lowest BCUT2D eigenvalue weighted by Gasteiger charge is -1.71. The monoisotopic (exact) mass is 122 g/mol. The molecule has 0 spiro atoms. The molecule has 1 heteroatoms. The highest BCUT2D eigenvalue weighted by atomic mass is 32.1. The molecule has 0 unspecified atom stereocenters. The number of hydrogen-bond donors (Lipinski definition) is 0. The first kappa shape index (κ1) is 5.40. The average Bonchev–Trinajstić information content (AvgIpc) is 2.14. The summed E-state index contributed by atoms with van der Waals surface area (Å²) in [6.07, 6.45) is 5.12. The van der Waals surface area contributed by atoms with Crippen LogP contribution in [0.2, 0.25) is 0 Å². The van der Waals surface area contributed by atoms with E-state index in [0.29, 0.717) is 0 Å². The van der Waals surface area contributed by atoms with Crippen LogP contribution in [-0.4, -0.2) is 0 Å². The van der Waals surface area contributed by atoms with Gasteiger partial charge in [-0.2, -0.15) is 0 Å². The minimum absolute atomic E-state index is 1.02. The van der Waals surface area contributed by atoms with Gasteiger partial charge in [0.25, 0.3) is 0 Å². The van der Waals surface area contributed by atoms with Crippen molar-refractivity contribution in [2.45, 2.75) is 6.92 Å². The fraction of sp³-hybridized carbons (Fsp3) is 0.143. The molecule has 1 heterocycles. The Hall–Kier alpha value is -0.740. The van der Waals surface area contributed by atoms with Gasteiger partial charge in [0, 0.05) is 4.88 Å². The lowest BCUT2D eigenvalue weighted by Crippen LogP contribution is -1.50. The van der Waals surface area contributed by atoms with Crippen LogP contribution in [0.1, 0.15) is 9.75 Å². The van der Waals surface area contributed by atoms with E-state index in [4.69, 9.17) is 6.42 Å². The Bertz CT molecular complexity index is 215. The van der Waals surface area contributed by atoms with E-state index in [9.17, 15) is 0 Å². The Balaban J connectivity index is 3.05. The largest absolute Gasteiger partial charge is 0.132 e. The summed E-state index contributed by atoms with van der Waals surface area (Å²) in [4.78, 5) is 2.29. The molecule has 0 atom stereocenters. The van der Waals surface area contributed by atoms with Crippen molar-refractivity contribution in [1.29, 1.82) is 0 Å². The normalized spacial score (nSPS) is 8.50. The van der Waals surface area contributed by atoms with Gasteiger partial charge in [0.05, 0.1) is 4.88 Å². The lowest BCUT2D eigenvalue weighted by atomic mass is 10.4. The number of thiophene rings is 1. The second-order valence-corrected chi connectivity index (χ2v) is 2.84. The van der Waals surface area contributed by atoms with Crippen molar-refractivity contribution in [3.8, 4) is 12.3 Å². The first-order valence-electron chi connectivity index (χ1n) is 2.36. The van der Waals surface area contributed by atoms with Crippen LogP contribution in [0.3, 0.4) is 0 Å². The Morgan fingerprint density at radius 1 is 1.62 bits per heavy atom.